The Morgan fingerprint density at radius 2 is 1.63 bits per heavy atom. The van der Waals surface area contributed by atoms with Crippen molar-refractivity contribution in [1.82, 2.24) is 9.97 Å². The molecular weight excluding hydrogens is 336 g/mol. The highest BCUT2D eigenvalue weighted by atomic mass is 16.1. The van der Waals surface area contributed by atoms with Crippen LogP contribution in [0.15, 0.2) is 36.7 Å². The molecule has 5 heteroatoms. The standard InChI is InChI=1S/C22H30N4O/c1-22(2,3)18-12-8-9-13-19(18)26-20(27)16-14-23-21(24-15-16)25-17-10-6-4-5-7-11-17/h8-9,12-15,17H,4-7,10-11H2,1-3H3,(H,26,27)(H,23,24,25). The Hall–Kier alpha value is -2.43. The van der Waals surface area contributed by atoms with E-state index in [1.54, 1.807) is 12.4 Å². The van der Waals surface area contributed by atoms with Crippen LogP contribution in [0, 0.1) is 0 Å². The van der Waals surface area contributed by atoms with E-state index in [-0.39, 0.29) is 11.3 Å². The minimum atomic E-state index is -0.187. The van der Waals surface area contributed by atoms with Crippen LogP contribution in [-0.4, -0.2) is 21.9 Å². The van der Waals surface area contributed by atoms with E-state index >= 15 is 0 Å². The quantitative estimate of drug-likeness (QED) is 0.733. The number of para-hydroxylation sites is 1. The van der Waals surface area contributed by atoms with Crippen LogP contribution in [0.3, 0.4) is 0 Å². The van der Waals surface area contributed by atoms with E-state index in [4.69, 9.17) is 0 Å². The van der Waals surface area contributed by atoms with Crippen molar-refractivity contribution in [3.63, 3.8) is 0 Å². The molecule has 1 saturated carbocycles. The molecule has 0 unspecified atom stereocenters. The molecule has 2 aromatic rings. The summed E-state index contributed by atoms with van der Waals surface area (Å²) in [6.07, 6.45) is 10.7. The van der Waals surface area contributed by atoms with Crippen LogP contribution in [0.5, 0.6) is 0 Å². The molecule has 144 valence electrons. The average molecular weight is 367 g/mol. The zero-order valence-electron chi connectivity index (χ0n) is 16.6. The van der Waals surface area contributed by atoms with Crippen molar-refractivity contribution in [2.75, 3.05) is 10.6 Å². The lowest BCUT2D eigenvalue weighted by atomic mass is 9.86. The van der Waals surface area contributed by atoms with Crippen molar-refractivity contribution >= 4 is 17.5 Å². The molecule has 0 bridgehead atoms. The first-order chi connectivity index (χ1) is 12.9. The average Bonchev–Trinajstić information content (AvgIpc) is 2.90. The fourth-order valence-electron chi connectivity index (χ4n) is 3.57. The van der Waals surface area contributed by atoms with E-state index in [9.17, 15) is 4.79 Å². The molecule has 1 aromatic heterocycles. The molecule has 0 radical (unpaired) electrons. The number of benzene rings is 1. The van der Waals surface area contributed by atoms with Gasteiger partial charge in [0, 0.05) is 24.1 Å². The van der Waals surface area contributed by atoms with Crippen molar-refractivity contribution in [2.24, 2.45) is 0 Å². The smallest absolute Gasteiger partial charge is 0.258 e. The molecule has 0 spiro atoms. The molecule has 0 aliphatic heterocycles. The second-order valence-corrected chi connectivity index (χ2v) is 8.38. The molecule has 1 fully saturated rings. The number of hydrogen-bond donors (Lipinski definition) is 2. The normalized spacial score (nSPS) is 15.8. The van der Waals surface area contributed by atoms with Crippen LogP contribution in [-0.2, 0) is 5.41 Å². The van der Waals surface area contributed by atoms with Crippen molar-refractivity contribution in [3.8, 4) is 0 Å². The minimum Gasteiger partial charge on any atom is -0.351 e. The third kappa shape index (κ3) is 5.28. The zero-order valence-corrected chi connectivity index (χ0v) is 16.6. The van der Waals surface area contributed by atoms with Crippen LogP contribution in [0.1, 0.15) is 75.2 Å². The third-order valence-corrected chi connectivity index (χ3v) is 5.09. The number of carbonyl (C=O) groups excluding carboxylic acids is 1. The molecule has 1 aliphatic rings. The maximum absolute atomic E-state index is 12.6. The van der Waals surface area contributed by atoms with Crippen LogP contribution < -0.4 is 10.6 Å². The van der Waals surface area contributed by atoms with Crippen molar-refractivity contribution < 1.29 is 4.79 Å². The predicted octanol–water partition coefficient (Wildman–Crippen LogP) is 5.16. The van der Waals surface area contributed by atoms with Crippen molar-refractivity contribution in [3.05, 3.63) is 47.8 Å². The molecule has 1 amide bonds. The Labute approximate surface area is 162 Å². The summed E-state index contributed by atoms with van der Waals surface area (Å²) >= 11 is 0. The van der Waals surface area contributed by atoms with Crippen LogP contribution in [0.25, 0.3) is 0 Å². The van der Waals surface area contributed by atoms with E-state index in [0.29, 0.717) is 17.6 Å². The highest BCUT2D eigenvalue weighted by Crippen LogP contribution is 2.29. The molecule has 5 nitrogen and oxygen atoms in total. The Balaban J connectivity index is 1.66. The first-order valence-electron chi connectivity index (χ1n) is 9.93. The van der Waals surface area contributed by atoms with Crippen LogP contribution in [0.2, 0.25) is 0 Å². The topological polar surface area (TPSA) is 66.9 Å². The maximum atomic E-state index is 12.6. The number of hydrogen-bond acceptors (Lipinski definition) is 4. The summed E-state index contributed by atoms with van der Waals surface area (Å²) in [4.78, 5) is 21.3. The van der Waals surface area contributed by atoms with Gasteiger partial charge in [0.05, 0.1) is 5.56 Å². The number of nitrogens with one attached hydrogen (secondary N) is 2. The molecule has 1 aromatic carbocycles. The molecule has 2 N–H and O–H groups in total. The van der Waals surface area contributed by atoms with Gasteiger partial charge in [0.1, 0.15) is 0 Å². The Bertz CT molecular complexity index is 757. The van der Waals surface area contributed by atoms with Gasteiger partial charge < -0.3 is 10.6 Å². The van der Waals surface area contributed by atoms with Gasteiger partial charge in [-0.1, -0.05) is 64.7 Å². The largest absolute Gasteiger partial charge is 0.351 e. The molecule has 1 aliphatic carbocycles. The van der Waals surface area contributed by atoms with Gasteiger partial charge in [-0.2, -0.15) is 0 Å². The van der Waals surface area contributed by atoms with Crippen molar-refractivity contribution in [2.45, 2.75) is 70.8 Å². The number of anilines is 2. The molecule has 0 saturated heterocycles. The van der Waals surface area contributed by atoms with E-state index in [1.165, 1.54) is 25.7 Å². The highest BCUT2D eigenvalue weighted by molar-refractivity contribution is 6.04. The molecule has 27 heavy (non-hydrogen) atoms. The number of amides is 1. The fraction of sp³-hybridized carbons (Fsp3) is 0.500. The highest BCUT2D eigenvalue weighted by Gasteiger charge is 2.19. The van der Waals surface area contributed by atoms with Gasteiger partial charge in [0.25, 0.3) is 5.91 Å². The monoisotopic (exact) mass is 366 g/mol. The summed E-state index contributed by atoms with van der Waals surface area (Å²) < 4.78 is 0. The fourth-order valence-corrected chi connectivity index (χ4v) is 3.57. The Kier molecular flexibility index (Phi) is 6.09. The summed E-state index contributed by atoms with van der Waals surface area (Å²) in [6, 6.07) is 8.34. The van der Waals surface area contributed by atoms with Gasteiger partial charge in [-0.15, -0.1) is 0 Å². The summed E-state index contributed by atoms with van der Waals surface area (Å²) in [7, 11) is 0. The lowest BCUT2D eigenvalue weighted by Crippen LogP contribution is -2.21. The SMILES string of the molecule is CC(C)(C)c1ccccc1NC(=O)c1cnc(NC2CCCCCC2)nc1. The van der Waals surface area contributed by atoms with Crippen LogP contribution >= 0.6 is 0 Å². The van der Waals surface area contributed by atoms with Gasteiger partial charge in [0.2, 0.25) is 5.95 Å². The third-order valence-electron chi connectivity index (χ3n) is 5.09. The first kappa shape index (κ1) is 19.3. The van der Waals surface area contributed by atoms with Gasteiger partial charge in [-0.3, -0.25) is 4.79 Å². The zero-order chi connectivity index (χ0) is 19.3. The Morgan fingerprint density at radius 1 is 1.00 bits per heavy atom. The summed E-state index contributed by atoms with van der Waals surface area (Å²) in [5.41, 5.74) is 2.35. The summed E-state index contributed by atoms with van der Waals surface area (Å²) in [6.45, 7) is 6.40. The second kappa shape index (κ2) is 8.51. The predicted molar refractivity (Wildman–Crippen MR) is 110 cm³/mol. The number of nitrogens with zero attached hydrogens (tertiary/aromatic N) is 2. The van der Waals surface area contributed by atoms with E-state index in [2.05, 4.69) is 41.4 Å². The molecule has 3 rings (SSSR count). The number of aromatic nitrogens is 2. The Morgan fingerprint density at radius 3 is 2.26 bits per heavy atom. The van der Waals surface area contributed by atoms with E-state index in [1.807, 2.05) is 24.3 Å². The number of rotatable bonds is 4. The summed E-state index contributed by atoms with van der Waals surface area (Å²) in [5, 5.41) is 6.41. The minimum absolute atomic E-state index is 0.0487. The van der Waals surface area contributed by atoms with Gasteiger partial charge in [0.15, 0.2) is 0 Å². The lowest BCUT2D eigenvalue weighted by molar-refractivity contribution is 0.102. The lowest BCUT2D eigenvalue weighted by Gasteiger charge is -2.23. The van der Waals surface area contributed by atoms with Crippen molar-refractivity contribution in [1.29, 1.82) is 0 Å². The maximum Gasteiger partial charge on any atom is 0.258 e. The van der Waals surface area contributed by atoms with E-state index in [0.717, 1.165) is 24.1 Å². The van der Waals surface area contributed by atoms with Gasteiger partial charge >= 0.3 is 0 Å². The summed E-state index contributed by atoms with van der Waals surface area (Å²) in [5.74, 6) is 0.418. The van der Waals surface area contributed by atoms with E-state index < -0.39 is 0 Å². The second-order valence-electron chi connectivity index (χ2n) is 8.38. The van der Waals surface area contributed by atoms with Gasteiger partial charge in [-0.05, 0) is 29.9 Å². The van der Waals surface area contributed by atoms with Crippen LogP contribution in [0.4, 0.5) is 11.6 Å². The first-order valence-corrected chi connectivity index (χ1v) is 9.93. The molecule has 0 atom stereocenters. The number of carbonyl (C=O) groups is 1. The molecule has 1 heterocycles. The molecular formula is C22H30N4O. The van der Waals surface area contributed by atoms with Gasteiger partial charge in [-0.25, -0.2) is 9.97 Å².